The molecule has 1 aromatic heterocycles. The van der Waals surface area contributed by atoms with Gasteiger partial charge in [0.1, 0.15) is 5.02 Å². The molecule has 0 aliphatic carbocycles. The number of halogens is 2. The van der Waals surface area contributed by atoms with Crippen LogP contribution in [0.1, 0.15) is 0 Å². The van der Waals surface area contributed by atoms with Crippen molar-refractivity contribution in [2.45, 2.75) is 0 Å². The predicted molar refractivity (Wildman–Crippen MR) is 34.4 cm³/mol. The molecule has 0 N–H and O–H groups in total. The van der Waals surface area contributed by atoms with Crippen molar-refractivity contribution >= 4 is 23.2 Å². The van der Waals surface area contributed by atoms with E-state index in [-0.39, 0.29) is 10.0 Å². The van der Waals surface area contributed by atoms with Crippen LogP contribution >= 0.6 is 23.2 Å². The van der Waals surface area contributed by atoms with Crippen LogP contribution in [0.5, 0.6) is 5.88 Å². The van der Waals surface area contributed by atoms with Gasteiger partial charge in [-0.2, -0.15) is 0 Å². The fraction of sp³-hybridized carbons (Fsp3) is 0. The normalized spacial score (nSPS) is 9.56. The van der Waals surface area contributed by atoms with Crippen molar-refractivity contribution in [1.29, 1.82) is 0 Å². The van der Waals surface area contributed by atoms with Gasteiger partial charge in [0.05, 0.1) is 5.02 Å². The SMILES string of the molecule is [O]c1nccc(Cl)c1Cl. The molecule has 0 aromatic carbocycles. The molecule has 47 valence electrons. The molecule has 0 amide bonds. The zero-order chi connectivity index (χ0) is 6.85. The quantitative estimate of drug-likeness (QED) is 0.578. The molecule has 0 aliphatic heterocycles. The van der Waals surface area contributed by atoms with E-state index in [9.17, 15) is 5.11 Å². The first-order valence-corrected chi connectivity index (χ1v) is 2.94. The first-order valence-electron chi connectivity index (χ1n) is 2.19. The summed E-state index contributed by atoms with van der Waals surface area (Å²) in [5.41, 5.74) is 0. The smallest absolute Gasteiger partial charge is 0.266 e. The summed E-state index contributed by atoms with van der Waals surface area (Å²) in [7, 11) is 0. The lowest BCUT2D eigenvalue weighted by molar-refractivity contribution is 0.338. The van der Waals surface area contributed by atoms with Gasteiger partial charge in [-0.3, -0.25) is 5.11 Å². The van der Waals surface area contributed by atoms with Crippen LogP contribution in [0.25, 0.3) is 0 Å². The van der Waals surface area contributed by atoms with E-state index >= 15 is 0 Å². The third-order valence-corrected chi connectivity index (χ3v) is 1.59. The monoisotopic (exact) mass is 162 g/mol. The Balaban J connectivity index is 3.25. The molecule has 4 heteroatoms. The second kappa shape index (κ2) is 2.42. The van der Waals surface area contributed by atoms with Crippen LogP contribution in [0.3, 0.4) is 0 Å². The summed E-state index contributed by atoms with van der Waals surface area (Å²) in [4.78, 5) is 3.37. The Kier molecular flexibility index (Phi) is 1.78. The summed E-state index contributed by atoms with van der Waals surface area (Å²) in [6.07, 6.45) is 1.32. The highest BCUT2D eigenvalue weighted by Gasteiger charge is 2.03. The third-order valence-electron chi connectivity index (χ3n) is 0.810. The van der Waals surface area contributed by atoms with E-state index in [1.807, 2.05) is 0 Å². The zero-order valence-electron chi connectivity index (χ0n) is 4.27. The van der Waals surface area contributed by atoms with Crippen LogP contribution in [-0.2, 0) is 5.11 Å². The second-order valence-electron chi connectivity index (χ2n) is 1.41. The predicted octanol–water partition coefficient (Wildman–Crippen LogP) is 2.53. The van der Waals surface area contributed by atoms with Gasteiger partial charge in [0, 0.05) is 6.20 Å². The Morgan fingerprint density at radius 3 is 2.56 bits per heavy atom. The van der Waals surface area contributed by atoms with Gasteiger partial charge < -0.3 is 0 Å². The Morgan fingerprint density at radius 1 is 1.44 bits per heavy atom. The van der Waals surface area contributed by atoms with E-state index in [1.54, 1.807) is 0 Å². The van der Waals surface area contributed by atoms with Gasteiger partial charge in [-0.05, 0) is 6.07 Å². The molecule has 0 saturated heterocycles. The number of pyridine rings is 1. The van der Waals surface area contributed by atoms with E-state index in [2.05, 4.69) is 4.98 Å². The Bertz CT molecular complexity index is 206. The highest BCUT2D eigenvalue weighted by Crippen LogP contribution is 2.27. The topological polar surface area (TPSA) is 32.8 Å². The van der Waals surface area contributed by atoms with Gasteiger partial charge in [0.25, 0.3) is 5.88 Å². The van der Waals surface area contributed by atoms with Crippen LogP contribution in [0, 0.1) is 0 Å². The Labute approximate surface area is 62.1 Å². The number of hydrogen-bond acceptors (Lipinski definition) is 1. The second-order valence-corrected chi connectivity index (χ2v) is 2.20. The standard InChI is InChI=1S/C5H2Cl2NO/c6-3-1-2-8-5(9)4(3)7/h1-2H. The van der Waals surface area contributed by atoms with Crippen LogP contribution in [0.2, 0.25) is 10.0 Å². The van der Waals surface area contributed by atoms with E-state index in [0.717, 1.165) is 0 Å². The third kappa shape index (κ3) is 1.26. The molecule has 0 saturated carbocycles. The van der Waals surface area contributed by atoms with Gasteiger partial charge >= 0.3 is 0 Å². The van der Waals surface area contributed by atoms with E-state index < -0.39 is 5.88 Å². The van der Waals surface area contributed by atoms with E-state index in [0.29, 0.717) is 0 Å². The summed E-state index contributed by atoms with van der Waals surface area (Å²) in [6, 6.07) is 1.46. The summed E-state index contributed by atoms with van der Waals surface area (Å²) in [6.45, 7) is 0. The van der Waals surface area contributed by atoms with Crippen LogP contribution in [0.15, 0.2) is 12.3 Å². The fourth-order valence-corrected chi connectivity index (χ4v) is 0.651. The maximum absolute atomic E-state index is 10.5. The molecule has 1 radical (unpaired) electrons. The maximum atomic E-state index is 10.5. The van der Waals surface area contributed by atoms with Crippen molar-refractivity contribution in [3.05, 3.63) is 22.3 Å². The summed E-state index contributed by atoms with van der Waals surface area (Å²) in [5, 5.41) is 10.7. The molecular weight excluding hydrogens is 161 g/mol. The lowest BCUT2D eigenvalue weighted by atomic mass is 10.5. The molecular formula is C5H2Cl2NO. The van der Waals surface area contributed by atoms with Crippen LogP contribution < -0.4 is 0 Å². The Hall–Kier alpha value is -0.470. The minimum absolute atomic E-state index is 0.0147. The highest BCUT2D eigenvalue weighted by atomic mass is 35.5. The molecule has 0 aliphatic rings. The van der Waals surface area contributed by atoms with Crippen molar-refractivity contribution in [1.82, 2.24) is 4.98 Å². The number of rotatable bonds is 0. The fourth-order valence-electron chi connectivity index (χ4n) is 0.402. The van der Waals surface area contributed by atoms with Gasteiger partial charge in [-0.15, -0.1) is 0 Å². The first-order chi connectivity index (χ1) is 4.22. The molecule has 1 aromatic rings. The molecule has 0 fully saturated rings. The minimum Gasteiger partial charge on any atom is -0.266 e. The van der Waals surface area contributed by atoms with E-state index in [1.165, 1.54) is 12.3 Å². The molecule has 0 atom stereocenters. The van der Waals surface area contributed by atoms with Gasteiger partial charge in [-0.1, -0.05) is 23.2 Å². The van der Waals surface area contributed by atoms with Gasteiger partial charge in [-0.25, -0.2) is 4.98 Å². The molecule has 0 unspecified atom stereocenters. The summed E-state index contributed by atoms with van der Waals surface area (Å²) in [5.74, 6) is -0.482. The van der Waals surface area contributed by atoms with Crippen LogP contribution in [0.4, 0.5) is 0 Å². The van der Waals surface area contributed by atoms with Crippen molar-refractivity contribution in [3.63, 3.8) is 0 Å². The molecule has 0 spiro atoms. The molecule has 1 heterocycles. The lowest BCUT2D eigenvalue weighted by Crippen LogP contribution is -1.72. The number of aromatic nitrogens is 1. The zero-order valence-corrected chi connectivity index (χ0v) is 5.78. The first kappa shape index (κ1) is 6.65. The van der Waals surface area contributed by atoms with E-state index in [4.69, 9.17) is 23.2 Å². The summed E-state index contributed by atoms with van der Waals surface area (Å²) >= 11 is 10.8. The van der Waals surface area contributed by atoms with Gasteiger partial charge in [0.2, 0.25) is 0 Å². The molecule has 0 bridgehead atoms. The molecule has 2 nitrogen and oxygen atoms in total. The molecule has 9 heavy (non-hydrogen) atoms. The average Bonchev–Trinajstić information content (AvgIpc) is 1.83. The highest BCUT2D eigenvalue weighted by molar-refractivity contribution is 6.42. The summed E-state index contributed by atoms with van der Waals surface area (Å²) < 4.78 is 0. The Morgan fingerprint density at radius 2 is 2.11 bits per heavy atom. The van der Waals surface area contributed by atoms with Crippen LogP contribution in [-0.4, -0.2) is 4.98 Å². The van der Waals surface area contributed by atoms with Crippen molar-refractivity contribution < 1.29 is 5.11 Å². The number of nitrogens with zero attached hydrogens (tertiary/aromatic N) is 1. The van der Waals surface area contributed by atoms with Crippen molar-refractivity contribution in [3.8, 4) is 5.88 Å². The van der Waals surface area contributed by atoms with Gasteiger partial charge in [0.15, 0.2) is 0 Å². The largest absolute Gasteiger partial charge is 0.289 e. The number of hydrogen-bond donors (Lipinski definition) is 0. The minimum atomic E-state index is -0.482. The van der Waals surface area contributed by atoms with Crippen molar-refractivity contribution in [2.24, 2.45) is 0 Å². The molecule has 1 rings (SSSR count). The van der Waals surface area contributed by atoms with Crippen molar-refractivity contribution in [2.75, 3.05) is 0 Å². The lowest BCUT2D eigenvalue weighted by Gasteiger charge is -1.91. The average molecular weight is 163 g/mol. The maximum Gasteiger partial charge on any atom is 0.289 e.